The Balaban J connectivity index is 1.68. The van der Waals surface area contributed by atoms with E-state index in [1.807, 2.05) is 13.8 Å². The maximum Gasteiger partial charge on any atom is 0.358 e. The lowest BCUT2D eigenvalue weighted by Crippen LogP contribution is -2.47. The Morgan fingerprint density at radius 1 is 1.04 bits per heavy atom. The molecule has 8 nitrogen and oxygen atoms in total. The van der Waals surface area contributed by atoms with Gasteiger partial charge in [-0.2, -0.15) is 0 Å². The fourth-order valence-corrected chi connectivity index (χ4v) is 2.89. The average molecular weight is 363 g/mol. The van der Waals surface area contributed by atoms with Gasteiger partial charge in [0.05, 0.1) is 19.5 Å². The van der Waals surface area contributed by atoms with Gasteiger partial charge in [-0.25, -0.2) is 14.8 Å². The van der Waals surface area contributed by atoms with Crippen LogP contribution in [-0.2, 0) is 4.74 Å². The third-order valence-electron chi connectivity index (χ3n) is 4.38. The van der Waals surface area contributed by atoms with E-state index in [-0.39, 0.29) is 5.69 Å². The van der Waals surface area contributed by atoms with Gasteiger partial charge in [-0.15, -0.1) is 10.2 Å². The Morgan fingerprint density at radius 2 is 1.72 bits per heavy atom. The van der Waals surface area contributed by atoms with Crippen LogP contribution in [-0.4, -0.2) is 59.4 Å². The largest absolute Gasteiger partial charge is 0.464 e. The van der Waals surface area contributed by atoms with Crippen LogP contribution in [0.4, 0.5) is 11.6 Å². The topological polar surface area (TPSA) is 84.3 Å². The molecule has 132 valence electrons. The van der Waals surface area contributed by atoms with Gasteiger partial charge in [0.1, 0.15) is 5.82 Å². The third kappa shape index (κ3) is 3.48. The highest BCUT2D eigenvalue weighted by atomic mass is 35.5. The van der Waals surface area contributed by atoms with Gasteiger partial charge in [0.25, 0.3) is 0 Å². The zero-order valence-corrected chi connectivity index (χ0v) is 15.1. The first-order valence-electron chi connectivity index (χ1n) is 7.91. The molecular formula is C16H19ClN6O2. The molecule has 0 aliphatic carbocycles. The predicted octanol–water partition coefficient (Wildman–Crippen LogP) is 1.65. The molecule has 0 aromatic carbocycles. The number of aromatic nitrogens is 4. The van der Waals surface area contributed by atoms with Crippen molar-refractivity contribution in [3.8, 4) is 0 Å². The molecule has 0 amide bonds. The van der Waals surface area contributed by atoms with Crippen LogP contribution in [0.25, 0.3) is 0 Å². The predicted molar refractivity (Wildman–Crippen MR) is 94.3 cm³/mol. The summed E-state index contributed by atoms with van der Waals surface area (Å²) >= 11 is 6.03. The molecule has 0 atom stereocenters. The first kappa shape index (κ1) is 17.3. The molecule has 0 unspecified atom stereocenters. The highest BCUT2D eigenvalue weighted by Crippen LogP contribution is 2.25. The highest BCUT2D eigenvalue weighted by Gasteiger charge is 2.22. The molecule has 25 heavy (non-hydrogen) atoms. The summed E-state index contributed by atoms with van der Waals surface area (Å²) in [4.78, 5) is 24.1. The molecule has 0 saturated carbocycles. The van der Waals surface area contributed by atoms with Crippen molar-refractivity contribution >= 4 is 29.2 Å². The van der Waals surface area contributed by atoms with Gasteiger partial charge in [-0.3, -0.25) is 0 Å². The Morgan fingerprint density at radius 3 is 2.32 bits per heavy atom. The molecule has 0 bridgehead atoms. The molecule has 9 heteroatoms. The number of ether oxygens (including phenoxy) is 1. The molecule has 3 rings (SSSR count). The Hall–Kier alpha value is -2.48. The van der Waals surface area contributed by atoms with Gasteiger partial charge < -0.3 is 14.5 Å². The number of hydrogen-bond acceptors (Lipinski definition) is 8. The maximum atomic E-state index is 11.4. The second-order valence-corrected chi connectivity index (χ2v) is 6.15. The molecule has 0 spiro atoms. The Kier molecular flexibility index (Phi) is 4.98. The van der Waals surface area contributed by atoms with E-state index in [2.05, 4.69) is 34.7 Å². The summed E-state index contributed by atoms with van der Waals surface area (Å²) in [5.74, 6) is 1.12. The summed E-state index contributed by atoms with van der Waals surface area (Å²) in [6.07, 6.45) is 3.03. The molecule has 3 heterocycles. The minimum atomic E-state index is -0.490. The molecule has 1 saturated heterocycles. The van der Waals surface area contributed by atoms with E-state index in [4.69, 9.17) is 11.6 Å². The highest BCUT2D eigenvalue weighted by molar-refractivity contribution is 6.30. The molecule has 1 aliphatic rings. The Labute approximate surface area is 150 Å². The van der Waals surface area contributed by atoms with Gasteiger partial charge in [0.2, 0.25) is 0 Å². The van der Waals surface area contributed by atoms with Gasteiger partial charge in [0.15, 0.2) is 16.7 Å². The molecule has 0 N–H and O–H groups in total. The zero-order valence-electron chi connectivity index (χ0n) is 14.4. The summed E-state index contributed by atoms with van der Waals surface area (Å²) in [5.41, 5.74) is 2.21. The van der Waals surface area contributed by atoms with Crippen molar-refractivity contribution in [3.05, 3.63) is 34.4 Å². The molecule has 1 fully saturated rings. The lowest BCUT2D eigenvalue weighted by atomic mass is 10.2. The van der Waals surface area contributed by atoms with Gasteiger partial charge in [-0.05, 0) is 25.0 Å². The number of carbonyl (C=O) groups excluding carboxylic acids is 1. The number of anilines is 2. The quantitative estimate of drug-likeness (QED) is 0.762. The number of methoxy groups -OCH3 is 1. The van der Waals surface area contributed by atoms with E-state index < -0.39 is 5.97 Å². The first-order valence-corrected chi connectivity index (χ1v) is 8.28. The smallest absolute Gasteiger partial charge is 0.358 e. The maximum absolute atomic E-state index is 11.4. The van der Waals surface area contributed by atoms with Crippen molar-refractivity contribution < 1.29 is 9.53 Å². The standard InChI is InChI=1S/C16H19ClN6O2/c1-10-11(2)15(21-20-14(10)17)23-6-4-22(5-7-23)13-9-18-12(8-19-13)16(24)25-3/h8-9H,4-7H2,1-3H3. The Bertz CT molecular complexity index is 775. The number of halogens is 1. The van der Waals surface area contributed by atoms with Crippen molar-refractivity contribution in [2.75, 3.05) is 43.1 Å². The number of hydrogen-bond donors (Lipinski definition) is 0. The minimum absolute atomic E-state index is 0.201. The van der Waals surface area contributed by atoms with Crippen molar-refractivity contribution in [3.63, 3.8) is 0 Å². The van der Waals surface area contributed by atoms with Crippen molar-refractivity contribution in [2.24, 2.45) is 0 Å². The number of piperazine rings is 1. The van der Waals surface area contributed by atoms with E-state index in [0.29, 0.717) is 5.15 Å². The molecule has 2 aromatic rings. The van der Waals surface area contributed by atoms with Crippen LogP contribution in [0, 0.1) is 13.8 Å². The summed E-state index contributed by atoms with van der Waals surface area (Å²) in [6, 6.07) is 0. The van der Waals surface area contributed by atoms with Crippen LogP contribution in [0.1, 0.15) is 21.6 Å². The van der Waals surface area contributed by atoms with E-state index in [9.17, 15) is 4.79 Å². The number of esters is 1. The SMILES string of the molecule is COC(=O)c1cnc(N2CCN(c3nnc(Cl)c(C)c3C)CC2)cn1. The van der Waals surface area contributed by atoms with E-state index >= 15 is 0 Å². The van der Waals surface area contributed by atoms with Gasteiger partial charge in [-0.1, -0.05) is 11.6 Å². The summed E-state index contributed by atoms with van der Waals surface area (Å²) < 4.78 is 4.63. The van der Waals surface area contributed by atoms with Crippen LogP contribution in [0.15, 0.2) is 12.4 Å². The van der Waals surface area contributed by atoms with E-state index in [0.717, 1.165) is 48.9 Å². The van der Waals surface area contributed by atoms with Crippen molar-refractivity contribution in [1.82, 2.24) is 20.2 Å². The van der Waals surface area contributed by atoms with Crippen molar-refractivity contribution in [1.29, 1.82) is 0 Å². The van der Waals surface area contributed by atoms with Gasteiger partial charge in [0, 0.05) is 26.2 Å². The van der Waals surface area contributed by atoms with Crippen LogP contribution in [0.2, 0.25) is 5.15 Å². The van der Waals surface area contributed by atoms with Crippen LogP contribution in [0.5, 0.6) is 0 Å². The van der Waals surface area contributed by atoms with Crippen LogP contribution in [0.3, 0.4) is 0 Å². The summed E-state index contributed by atoms with van der Waals surface area (Å²) in [6.45, 7) is 7.08. The lowest BCUT2D eigenvalue weighted by molar-refractivity contribution is 0.0593. The number of nitrogens with zero attached hydrogens (tertiary/aromatic N) is 6. The van der Waals surface area contributed by atoms with Crippen LogP contribution < -0.4 is 9.80 Å². The van der Waals surface area contributed by atoms with E-state index in [1.54, 1.807) is 6.20 Å². The third-order valence-corrected chi connectivity index (χ3v) is 4.73. The first-order chi connectivity index (χ1) is 12.0. The normalized spacial score (nSPS) is 14.6. The molecule has 2 aromatic heterocycles. The zero-order chi connectivity index (χ0) is 18.0. The average Bonchev–Trinajstić information content (AvgIpc) is 2.66. The van der Waals surface area contributed by atoms with Crippen LogP contribution >= 0.6 is 11.6 Å². The van der Waals surface area contributed by atoms with E-state index in [1.165, 1.54) is 13.3 Å². The molecule has 0 radical (unpaired) electrons. The fraction of sp³-hybridized carbons (Fsp3) is 0.438. The summed E-state index contributed by atoms with van der Waals surface area (Å²) in [5, 5.41) is 8.71. The minimum Gasteiger partial charge on any atom is -0.464 e. The number of carbonyl (C=O) groups is 1. The van der Waals surface area contributed by atoms with Crippen molar-refractivity contribution in [2.45, 2.75) is 13.8 Å². The number of rotatable bonds is 3. The second-order valence-electron chi connectivity index (χ2n) is 5.79. The molecular weight excluding hydrogens is 344 g/mol. The summed E-state index contributed by atoms with van der Waals surface area (Å²) in [7, 11) is 1.32. The fourth-order valence-electron chi connectivity index (χ4n) is 2.71. The van der Waals surface area contributed by atoms with Gasteiger partial charge >= 0.3 is 5.97 Å². The molecule has 1 aliphatic heterocycles. The second kappa shape index (κ2) is 7.18. The lowest BCUT2D eigenvalue weighted by Gasteiger charge is -2.36. The monoisotopic (exact) mass is 362 g/mol.